The maximum atomic E-state index is 12.4. The summed E-state index contributed by atoms with van der Waals surface area (Å²) < 4.78 is 5.40. The topological polar surface area (TPSA) is 68.3 Å². The zero-order valence-corrected chi connectivity index (χ0v) is 12.2. The second-order valence-electron chi connectivity index (χ2n) is 5.50. The van der Waals surface area contributed by atoms with Gasteiger partial charge in [-0.05, 0) is 31.7 Å². The van der Waals surface area contributed by atoms with Crippen LogP contribution < -0.4 is 11.1 Å². The van der Waals surface area contributed by atoms with Gasteiger partial charge in [0.1, 0.15) is 11.8 Å². The molecule has 1 saturated carbocycles. The minimum Gasteiger partial charge on any atom is -0.463 e. The van der Waals surface area contributed by atoms with Crippen LogP contribution in [0, 0.1) is 5.92 Å². The highest BCUT2D eigenvalue weighted by atomic mass is 35.5. The summed E-state index contributed by atoms with van der Waals surface area (Å²) in [4.78, 5) is 12.4. The number of benzene rings is 1. The number of amides is 1. The number of furan rings is 1. The molecule has 0 aliphatic heterocycles. The van der Waals surface area contributed by atoms with Gasteiger partial charge in [0.2, 0.25) is 0 Å². The van der Waals surface area contributed by atoms with Crippen molar-refractivity contribution in [3.05, 3.63) is 36.1 Å². The minimum absolute atomic E-state index is 0. The zero-order valence-electron chi connectivity index (χ0n) is 11.4. The molecule has 0 radical (unpaired) electrons. The van der Waals surface area contributed by atoms with Crippen LogP contribution in [0.25, 0.3) is 11.0 Å². The highest BCUT2D eigenvalue weighted by Crippen LogP contribution is 2.39. The number of rotatable bonds is 4. The fraction of sp³-hybridized carbons (Fsp3) is 0.400. The maximum absolute atomic E-state index is 12.4. The lowest BCUT2D eigenvalue weighted by Gasteiger charge is -2.29. The van der Waals surface area contributed by atoms with Crippen LogP contribution in [0.15, 0.2) is 34.9 Å². The number of carbonyl (C=O) groups excluding carboxylic acids is 1. The van der Waals surface area contributed by atoms with Gasteiger partial charge in [-0.3, -0.25) is 4.79 Å². The summed E-state index contributed by atoms with van der Waals surface area (Å²) >= 11 is 0. The lowest BCUT2D eigenvalue weighted by Crippen LogP contribution is -2.53. The number of para-hydroxylation sites is 1. The molecule has 4 nitrogen and oxygen atoms in total. The Morgan fingerprint density at radius 3 is 2.80 bits per heavy atom. The summed E-state index contributed by atoms with van der Waals surface area (Å²) in [6, 6.07) is 7.54. The van der Waals surface area contributed by atoms with Crippen molar-refractivity contribution in [1.82, 2.24) is 5.32 Å². The average molecular weight is 295 g/mol. The lowest BCUT2D eigenvalue weighted by atomic mass is 9.95. The largest absolute Gasteiger partial charge is 0.463 e. The molecule has 0 saturated heterocycles. The standard InChI is InChI=1S/C15H18N2O2.ClH/c1-15(9-16,10-6-7-10)17-14(18)12-8-19-13-5-3-2-4-11(12)13;/h2-5,8,10H,6-7,9,16H2,1H3,(H,17,18);1H. The summed E-state index contributed by atoms with van der Waals surface area (Å²) in [6.07, 6.45) is 3.80. The summed E-state index contributed by atoms with van der Waals surface area (Å²) in [7, 11) is 0. The smallest absolute Gasteiger partial charge is 0.255 e. The fourth-order valence-electron chi connectivity index (χ4n) is 2.52. The first-order chi connectivity index (χ1) is 9.14. The SMILES string of the molecule is CC(CN)(NC(=O)c1coc2ccccc12)C1CC1.Cl. The third-order valence-corrected chi connectivity index (χ3v) is 4.03. The van der Waals surface area contributed by atoms with E-state index in [-0.39, 0.29) is 23.9 Å². The van der Waals surface area contributed by atoms with E-state index in [1.165, 1.54) is 6.26 Å². The summed E-state index contributed by atoms with van der Waals surface area (Å²) in [5.74, 6) is 0.393. The molecule has 20 heavy (non-hydrogen) atoms. The van der Waals surface area contributed by atoms with Gasteiger partial charge in [0.15, 0.2) is 0 Å². The fourth-order valence-corrected chi connectivity index (χ4v) is 2.52. The normalized spacial score (nSPS) is 17.3. The number of hydrogen-bond donors (Lipinski definition) is 2. The van der Waals surface area contributed by atoms with Crippen LogP contribution in [0.3, 0.4) is 0 Å². The Bertz CT molecular complexity index is 621. The molecule has 3 rings (SSSR count). The first-order valence-corrected chi connectivity index (χ1v) is 6.63. The van der Waals surface area contributed by atoms with Crippen molar-refractivity contribution >= 4 is 29.3 Å². The van der Waals surface area contributed by atoms with Gasteiger partial charge in [-0.1, -0.05) is 18.2 Å². The molecule has 1 aromatic heterocycles. The first kappa shape index (κ1) is 14.9. The molecule has 0 bridgehead atoms. The highest BCUT2D eigenvalue weighted by molar-refractivity contribution is 6.06. The molecule has 1 heterocycles. The van der Waals surface area contributed by atoms with Gasteiger partial charge in [-0.25, -0.2) is 0 Å². The van der Waals surface area contributed by atoms with Crippen molar-refractivity contribution in [2.75, 3.05) is 6.54 Å². The maximum Gasteiger partial charge on any atom is 0.255 e. The summed E-state index contributed by atoms with van der Waals surface area (Å²) in [5.41, 5.74) is 6.82. The second-order valence-corrected chi connectivity index (χ2v) is 5.50. The van der Waals surface area contributed by atoms with Crippen molar-refractivity contribution in [3.63, 3.8) is 0 Å². The van der Waals surface area contributed by atoms with Crippen molar-refractivity contribution < 1.29 is 9.21 Å². The van der Waals surface area contributed by atoms with Crippen LogP contribution in [0.4, 0.5) is 0 Å². The number of nitrogens with one attached hydrogen (secondary N) is 1. The van der Waals surface area contributed by atoms with E-state index >= 15 is 0 Å². The van der Waals surface area contributed by atoms with Crippen LogP contribution >= 0.6 is 12.4 Å². The van der Waals surface area contributed by atoms with E-state index < -0.39 is 0 Å². The molecule has 2 aromatic rings. The molecule has 1 fully saturated rings. The molecule has 1 atom stereocenters. The molecule has 1 aromatic carbocycles. The summed E-state index contributed by atoms with van der Waals surface area (Å²) in [6.45, 7) is 2.48. The van der Waals surface area contributed by atoms with E-state index in [0.29, 0.717) is 18.0 Å². The van der Waals surface area contributed by atoms with Crippen molar-refractivity contribution in [2.45, 2.75) is 25.3 Å². The van der Waals surface area contributed by atoms with Crippen LogP contribution in [-0.2, 0) is 0 Å². The molecule has 1 unspecified atom stereocenters. The van der Waals surface area contributed by atoms with Gasteiger partial charge in [-0.15, -0.1) is 12.4 Å². The van der Waals surface area contributed by atoms with Crippen molar-refractivity contribution in [3.8, 4) is 0 Å². The number of halogens is 1. The zero-order chi connectivity index (χ0) is 13.5. The second kappa shape index (κ2) is 5.46. The van der Waals surface area contributed by atoms with Gasteiger partial charge < -0.3 is 15.5 Å². The number of fused-ring (bicyclic) bond motifs is 1. The molecular weight excluding hydrogens is 276 g/mol. The molecule has 1 amide bonds. The van der Waals surface area contributed by atoms with Gasteiger partial charge in [0.05, 0.1) is 11.1 Å². The van der Waals surface area contributed by atoms with E-state index in [1.54, 1.807) is 0 Å². The average Bonchev–Trinajstić information content (AvgIpc) is 3.19. The predicted molar refractivity (Wildman–Crippen MR) is 81.1 cm³/mol. The van der Waals surface area contributed by atoms with Crippen LogP contribution in [0.1, 0.15) is 30.1 Å². The van der Waals surface area contributed by atoms with Crippen LogP contribution in [0.5, 0.6) is 0 Å². The van der Waals surface area contributed by atoms with E-state index in [1.807, 2.05) is 31.2 Å². The van der Waals surface area contributed by atoms with E-state index in [0.717, 1.165) is 23.8 Å². The van der Waals surface area contributed by atoms with E-state index in [4.69, 9.17) is 10.2 Å². The van der Waals surface area contributed by atoms with Gasteiger partial charge >= 0.3 is 0 Å². The van der Waals surface area contributed by atoms with E-state index in [2.05, 4.69) is 5.32 Å². The van der Waals surface area contributed by atoms with Gasteiger partial charge in [0, 0.05) is 11.9 Å². The molecule has 108 valence electrons. The van der Waals surface area contributed by atoms with E-state index in [9.17, 15) is 4.79 Å². The van der Waals surface area contributed by atoms with Crippen LogP contribution in [-0.4, -0.2) is 18.0 Å². The number of carbonyl (C=O) groups is 1. The minimum atomic E-state index is -0.310. The Kier molecular flexibility index (Phi) is 4.06. The van der Waals surface area contributed by atoms with Gasteiger partial charge in [0.25, 0.3) is 5.91 Å². The first-order valence-electron chi connectivity index (χ1n) is 6.63. The monoisotopic (exact) mass is 294 g/mol. The summed E-state index contributed by atoms with van der Waals surface area (Å²) in [5, 5.41) is 3.92. The molecule has 0 spiro atoms. The molecule has 5 heteroatoms. The Balaban J connectivity index is 0.00000147. The van der Waals surface area contributed by atoms with Crippen molar-refractivity contribution in [1.29, 1.82) is 0 Å². The quantitative estimate of drug-likeness (QED) is 0.911. The highest BCUT2D eigenvalue weighted by Gasteiger charge is 2.41. The van der Waals surface area contributed by atoms with Crippen LogP contribution in [0.2, 0.25) is 0 Å². The third kappa shape index (κ3) is 2.53. The Morgan fingerprint density at radius 2 is 2.15 bits per heavy atom. The van der Waals surface area contributed by atoms with Crippen molar-refractivity contribution in [2.24, 2.45) is 11.7 Å². The predicted octanol–water partition coefficient (Wildman–Crippen LogP) is 2.71. The molecule has 1 aliphatic carbocycles. The third-order valence-electron chi connectivity index (χ3n) is 4.03. The molecule has 3 N–H and O–H groups in total. The Morgan fingerprint density at radius 1 is 1.45 bits per heavy atom. The molecule has 1 aliphatic rings. The molecular formula is C15H19ClN2O2. The lowest BCUT2D eigenvalue weighted by molar-refractivity contribution is 0.0898. The Labute approximate surface area is 124 Å². The Hall–Kier alpha value is -1.52. The number of hydrogen-bond acceptors (Lipinski definition) is 3. The number of nitrogens with two attached hydrogens (primary N) is 1. The van der Waals surface area contributed by atoms with Gasteiger partial charge in [-0.2, -0.15) is 0 Å².